The highest BCUT2D eigenvalue weighted by atomic mass is 32.2. The predicted molar refractivity (Wildman–Crippen MR) is 61.2 cm³/mol. The Balaban J connectivity index is 3.06. The first-order valence-corrected chi connectivity index (χ1v) is 6.61. The van der Waals surface area contributed by atoms with Gasteiger partial charge in [0.25, 0.3) is 10.1 Å². The number of allylic oxidation sites excluding steroid dienone is 4. The highest BCUT2D eigenvalue weighted by Crippen LogP contribution is 2.38. The summed E-state index contributed by atoms with van der Waals surface area (Å²) in [6, 6.07) is 0. The van der Waals surface area contributed by atoms with Gasteiger partial charge in [0.05, 0.1) is 5.25 Å². The second kappa shape index (κ2) is 4.10. The van der Waals surface area contributed by atoms with E-state index in [0.717, 1.165) is 5.57 Å². The van der Waals surface area contributed by atoms with Gasteiger partial charge in [-0.05, 0) is 19.8 Å². The number of hydrogen-bond acceptors (Lipinski definition) is 2. The van der Waals surface area contributed by atoms with Gasteiger partial charge in [-0.3, -0.25) is 4.55 Å². The summed E-state index contributed by atoms with van der Waals surface area (Å²) < 4.78 is 31.8. The molecule has 0 aromatic rings. The molecule has 0 saturated carbocycles. The van der Waals surface area contributed by atoms with Crippen molar-refractivity contribution in [3.63, 3.8) is 0 Å². The molecule has 15 heavy (non-hydrogen) atoms. The van der Waals surface area contributed by atoms with E-state index < -0.39 is 20.8 Å². The molecule has 86 valence electrons. The molecule has 2 atom stereocenters. The lowest BCUT2D eigenvalue weighted by Gasteiger charge is -2.34. The predicted octanol–water partition coefficient (Wildman–Crippen LogP) is 2.57. The maximum Gasteiger partial charge on any atom is 0.268 e. The molecule has 1 rings (SSSR count). The molecule has 1 aliphatic carbocycles. The zero-order valence-corrected chi connectivity index (χ0v) is 10.2. The van der Waals surface area contributed by atoms with Crippen molar-refractivity contribution < 1.29 is 13.0 Å². The van der Waals surface area contributed by atoms with Crippen LogP contribution >= 0.6 is 0 Å². The molecular weight excluding hydrogens is 212 g/mol. The molecule has 3 nitrogen and oxygen atoms in total. The van der Waals surface area contributed by atoms with E-state index in [0.29, 0.717) is 12.8 Å². The van der Waals surface area contributed by atoms with Crippen LogP contribution in [0, 0.1) is 5.41 Å². The maximum absolute atomic E-state index is 11.3. The summed E-state index contributed by atoms with van der Waals surface area (Å²) in [7, 11) is -3.97. The molecule has 0 bridgehead atoms. The van der Waals surface area contributed by atoms with Gasteiger partial charge in [0, 0.05) is 5.41 Å². The fourth-order valence-electron chi connectivity index (χ4n) is 2.39. The summed E-state index contributed by atoms with van der Waals surface area (Å²) in [4.78, 5) is 0. The minimum atomic E-state index is -3.97. The van der Waals surface area contributed by atoms with Crippen molar-refractivity contribution in [2.24, 2.45) is 5.41 Å². The average molecular weight is 230 g/mol. The van der Waals surface area contributed by atoms with E-state index in [-0.39, 0.29) is 0 Å². The second-order valence-corrected chi connectivity index (χ2v) is 6.07. The van der Waals surface area contributed by atoms with Crippen LogP contribution in [0.25, 0.3) is 0 Å². The quantitative estimate of drug-likeness (QED) is 0.758. The Bertz CT molecular complexity index is 392. The summed E-state index contributed by atoms with van der Waals surface area (Å²) in [6.45, 7) is 5.63. The van der Waals surface area contributed by atoms with Gasteiger partial charge in [0.2, 0.25) is 0 Å². The third-order valence-corrected chi connectivity index (χ3v) is 4.57. The standard InChI is InChI=1S/C11H18O3S/c1-4-10(15(12,13)14)11(3)7-5-6-9(2)8-11/h5-7,10H,4,8H2,1-3H3,(H,12,13,14). The van der Waals surface area contributed by atoms with E-state index in [9.17, 15) is 13.0 Å². The van der Waals surface area contributed by atoms with E-state index in [4.69, 9.17) is 0 Å². The van der Waals surface area contributed by atoms with Crippen LogP contribution in [0.15, 0.2) is 23.8 Å². The van der Waals surface area contributed by atoms with Crippen molar-refractivity contribution >= 4 is 10.1 Å². The SMILES string of the molecule is CCC(C1(C)C=CC=C(C)C1)S(=O)(=O)O. The summed E-state index contributed by atoms with van der Waals surface area (Å²) in [6.07, 6.45) is 6.82. The van der Waals surface area contributed by atoms with Crippen LogP contribution < -0.4 is 0 Å². The highest BCUT2D eigenvalue weighted by Gasteiger charge is 2.39. The third-order valence-electron chi connectivity index (χ3n) is 2.98. The van der Waals surface area contributed by atoms with Crippen LogP contribution in [-0.2, 0) is 10.1 Å². The molecule has 1 N–H and O–H groups in total. The maximum atomic E-state index is 11.3. The Labute approximate surface area is 91.6 Å². The van der Waals surface area contributed by atoms with E-state index >= 15 is 0 Å². The van der Waals surface area contributed by atoms with Gasteiger partial charge >= 0.3 is 0 Å². The van der Waals surface area contributed by atoms with Crippen molar-refractivity contribution in [2.75, 3.05) is 0 Å². The molecule has 0 aromatic carbocycles. The molecule has 0 aliphatic heterocycles. The summed E-state index contributed by atoms with van der Waals surface area (Å²) >= 11 is 0. The van der Waals surface area contributed by atoms with Crippen LogP contribution in [0.5, 0.6) is 0 Å². The Morgan fingerprint density at radius 1 is 1.60 bits per heavy atom. The Morgan fingerprint density at radius 2 is 2.20 bits per heavy atom. The molecule has 0 amide bonds. The zero-order valence-electron chi connectivity index (χ0n) is 9.40. The molecule has 0 saturated heterocycles. The van der Waals surface area contributed by atoms with Gasteiger partial charge in [0.1, 0.15) is 0 Å². The minimum absolute atomic E-state index is 0.424. The average Bonchev–Trinajstić information content (AvgIpc) is 2.00. The first kappa shape index (κ1) is 12.5. The topological polar surface area (TPSA) is 54.4 Å². The first-order valence-electron chi connectivity index (χ1n) is 5.11. The van der Waals surface area contributed by atoms with Gasteiger partial charge in [-0.1, -0.05) is 37.6 Å². The van der Waals surface area contributed by atoms with Crippen molar-refractivity contribution in [3.05, 3.63) is 23.8 Å². The van der Waals surface area contributed by atoms with Gasteiger partial charge in [-0.25, -0.2) is 0 Å². The third kappa shape index (κ3) is 2.69. The lowest BCUT2D eigenvalue weighted by molar-refractivity contribution is 0.349. The first-order chi connectivity index (χ1) is 6.79. The number of hydrogen-bond donors (Lipinski definition) is 1. The Kier molecular flexibility index (Phi) is 3.41. The van der Waals surface area contributed by atoms with Gasteiger partial charge in [0.15, 0.2) is 0 Å². The van der Waals surface area contributed by atoms with E-state index in [1.54, 1.807) is 6.92 Å². The van der Waals surface area contributed by atoms with Crippen LogP contribution in [0.3, 0.4) is 0 Å². The van der Waals surface area contributed by atoms with E-state index in [1.165, 1.54) is 0 Å². The summed E-state index contributed by atoms with van der Waals surface area (Å²) in [5.74, 6) is 0. The minimum Gasteiger partial charge on any atom is -0.285 e. The largest absolute Gasteiger partial charge is 0.285 e. The molecule has 1 aliphatic rings. The lowest BCUT2D eigenvalue weighted by atomic mass is 9.77. The molecule has 0 aromatic heterocycles. The summed E-state index contributed by atoms with van der Waals surface area (Å²) in [5, 5.41) is -0.718. The summed E-state index contributed by atoms with van der Waals surface area (Å²) in [5.41, 5.74) is 0.656. The van der Waals surface area contributed by atoms with Gasteiger partial charge in [-0.2, -0.15) is 8.42 Å². The molecule has 4 heteroatoms. The van der Waals surface area contributed by atoms with Crippen LogP contribution in [0.4, 0.5) is 0 Å². The van der Waals surface area contributed by atoms with Crippen LogP contribution in [0.1, 0.15) is 33.6 Å². The normalized spacial score (nSPS) is 28.7. The van der Waals surface area contributed by atoms with Crippen molar-refractivity contribution in [1.29, 1.82) is 0 Å². The fourth-order valence-corrected chi connectivity index (χ4v) is 3.65. The van der Waals surface area contributed by atoms with Crippen molar-refractivity contribution in [3.8, 4) is 0 Å². The molecule has 0 radical (unpaired) electrons. The second-order valence-electron chi connectivity index (χ2n) is 4.47. The molecule has 0 fully saturated rings. The molecular formula is C11H18O3S. The lowest BCUT2D eigenvalue weighted by Crippen LogP contribution is -2.37. The van der Waals surface area contributed by atoms with Crippen molar-refractivity contribution in [2.45, 2.75) is 38.9 Å². The zero-order chi connectivity index (χ0) is 11.7. The molecule has 0 spiro atoms. The molecule has 0 heterocycles. The van der Waals surface area contributed by atoms with Gasteiger partial charge in [-0.15, -0.1) is 0 Å². The van der Waals surface area contributed by atoms with E-state index in [2.05, 4.69) is 0 Å². The molecule has 2 unspecified atom stereocenters. The van der Waals surface area contributed by atoms with Crippen LogP contribution in [-0.4, -0.2) is 18.2 Å². The fraction of sp³-hybridized carbons (Fsp3) is 0.636. The van der Waals surface area contributed by atoms with Gasteiger partial charge < -0.3 is 0 Å². The Morgan fingerprint density at radius 3 is 2.60 bits per heavy atom. The Hall–Kier alpha value is -0.610. The monoisotopic (exact) mass is 230 g/mol. The van der Waals surface area contributed by atoms with E-state index in [1.807, 2.05) is 32.1 Å². The highest BCUT2D eigenvalue weighted by molar-refractivity contribution is 7.86. The van der Waals surface area contributed by atoms with Crippen LogP contribution in [0.2, 0.25) is 0 Å². The smallest absolute Gasteiger partial charge is 0.268 e. The number of rotatable bonds is 3. The van der Waals surface area contributed by atoms with Crippen molar-refractivity contribution in [1.82, 2.24) is 0 Å².